The summed E-state index contributed by atoms with van der Waals surface area (Å²) in [5.41, 5.74) is 9.92. The molecule has 5 atom stereocenters. The Morgan fingerprint density at radius 3 is 2.50 bits per heavy atom. The molecule has 1 saturated heterocycles. The molecule has 0 spiro atoms. The summed E-state index contributed by atoms with van der Waals surface area (Å²) in [6.07, 6.45) is -0.683. The zero-order valence-electron chi connectivity index (χ0n) is 20.7. The maximum absolute atomic E-state index is 12.2. The van der Waals surface area contributed by atoms with Crippen molar-refractivity contribution in [3.8, 4) is 0 Å². The molecule has 8 nitrogen and oxygen atoms in total. The number of thiophene rings is 1. The van der Waals surface area contributed by atoms with Crippen molar-refractivity contribution < 1.29 is 24.9 Å². The highest BCUT2D eigenvalue weighted by molar-refractivity contribution is 7.12. The number of rotatable bonds is 8. The quantitative estimate of drug-likeness (QED) is 0.222. The van der Waals surface area contributed by atoms with Crippen LogP contribution in [0.4, 0.5) is 0 Å². The number of nitrogens with one attached hydrogen (secondary N) is 2. The van der Waals surface area contributed by atoms with Crippen LogP contribution in [0.15, 0.2) is 72.2 Å². The van der Waals surface area contributed by atoms with Gasteiger partial charge in [-0.15, -0.1) is 11.3 Å². The number of carbonyl (C=O) groups excluding carboxylic acids is 1. The number of hydrazine groups is 1. The fraction of sp³-hybridized carbons (Fsp3) is 0.345. The Balaban J connectivity index is 1.21. The van der Waals surface area contributed by atoms with Crippen LogP contribution in [-0.4, -0.2) is 56.8 Å². The van der Waals surface area contributed by atoms with Crippen molar-refractivity contribution in [2.45, 2.75) is 55.8 Å². The first-order chi connectivity index (χ1) is 18.5. The molecule has 6 rings (SSSR count). The predicted octanol–water partition coefficient (Wildman–Crippen LogP) is 3.09. The van der Waals surface area contributed by atoms with E-state index in [-0.39, 0.29) is 12.5 Å². The van der Waals surface area contributed by atoms with E-state index in [4.69, 9.17) is 4.74 Å². The molecule has 0 unspecified atom stereocenters. The number of fused-ring (bicyclic) bond motifs is 1. The van der Waals surface area contributed by atoms with Gasteiger partial charge < -0.3 is 24.6 Å². The average Bonchev–Trinajstić information content (AvgIpc) is 3.51. The number of aliphatic hydroxyl groups is 3. The highest BCUT2D eigenvalue weighted by atomic mass is 32.1. The van der Waals surface area contributed by atoms with E-state index in [1.54, 1.807) is 12.1 Å². The summed E-state index contributed by atoms with van der Waals surface area (Å²) in [5.74, 6) is 0.415. The molecule has 0 radical (unpaired) electrons. The highest BCUT2D eigenvalue weighted by Gasteiger charge is 2.44. The van der Waals surface area contributed by atoms with Gasteiger partial charge in [0.05, 0.1) is 10.4 Å². The summed E-state index contributed by atoms with van der Waals surface area (Å²) < 4.78 is 7.99. The van der Waals surface area contributed by atoms with Crippen LogP contribution >= 0.6 is 11.3 Å². The maximum Gasteiger partial charge on any atom is 0.275 e. The molecule has 2 aromatic carbocycles. The van der Waals surface area contributed by atoms with Crippen molar-refractivity contribution in [1.29, 1.82) is 0 Å². The van der Waals surface area contributed by atoms with E-state index in [1.165, 1.54) is 35.3 Å². The number of amides is 1. The Kier molecular flexibility index (Phi) is 7.05. The normalized spacial score (nSPS) is 25.5. The van der Waals surface area contributed by atoms with Crippen LogP contribution in [-0.2, 0) is 11.2 Å². The molecule has 198 valence electrons. The SMILES string of the molecule is O=C(NNC[C@H]1O[C@@H](n2cc(Cc3ccc(C4CC4)cc3)c3ccccc32)[C@H](O)[C@@H](O)[C@@H]1O)c1cccs1. The van der Waals surface area contributed by atoms with E-state index in [2.05, 4.69) is 35.1 Å². The minimum atomic E-state index is -1.42. The molecule has 0 bridgehead atoms. The first-order valence-corrected chi connectivity index (χ1v) is 13.8. The second-order valence-electron chi connectivity index (χ2n) is 10.1. The van der Waals surface area contributed by atoms with Crippen LogP contribution in [0.5, 0.6) is 0 Å². The average molecular weight is 534 g/mol. The number of aliphatic hydroxyl groups excluding tert-OH is 3. The Morgan fingerprint density at radius 1 is 0.974 bits per heavy atom. The third-order valence-electron chi connectivity index (χ3n) is 7.46. The molecule has 4 aromatic rings. The molecule has 9 heteroatoms. The number of nitrogens with zero attached hydrogens (tertiary/aromatic N) is 1. The van der Waals surface area contributed by atoms with Gasteiger partial charge in [-0.05, 0) is 59.4 Å². The smallest absolute Gasteiger partial charge is 0.275 e. The maximum atomic E-state index is 12.2. The molecule has 1 amide bonds. The van der Waals surface area contributed by atoms with Crippen molar-refractivity contribution >= 4 is 28.1 Å². The summed E-state index contributed by atoms with van der Waals surface area (Å²) in [5, 5.41) is 35.1. The minimum absolute atomic E-state index is 0.0396. The van der Waals surface area contributed by atoms with Crippen LogP contribution in [0.25, 0.3) is 10.9 Å². The molecule has 2 fully saturated rings. The molecule has 2 aromatic heterocycles. The molecule has 2 aliphatic rings. The lowest BCUT2D eigenvalue weighted by atomic mass is 9.98. The van der Waals surface area contributed by atoms with Crippen molar-refractivity contribution in [3.05, 3.63) is 93.8 Å². The van der Waals surface area contributed by atoms with Gasteiger partial charge in [-0.25, -0.2) is 5.43 Å². The number of para-hydroxylation sites is 1. The van der Waals surface area contributed by atoms with Crippen molar-refractivity contribution in [3.63, 3.8) is 0 Å². The molecular formula is C29H31N3O5S. The van der Waals surface area contributed by atoms with Crippen LogP contribution in [0, 0.1) is 0 Å². The molecule has 38 heavy (non-hydrogen) atoms. The van der Waals surface area contributed by atoms with Gasteiger partial charge in [0.2, 0.25) is 0 Å². The van der Waals surface area contributed by atoms with E-state index in [0.29, 0.717) is 17.2 Å². The van der Waals surface area contributed by atoms with Gasteiger partial charge in [0.25, 0.3) is 5.91 Å². The lowest BCUT2D eigenvalue weighted by Crippen LogP contribution is -2.59. The third kappa shape index (κ3) is 5.01. The second-order valence-corrected chi connectivity index (χ2v) is 11.1. The number of carbonyl (C=O) groups is 1. The van der Waals surface area contributed by atoms with Gasteiger partial charge in [-0.3, -0.25) is 10.2 Å². The second kappa shape index (κ2) is 10.6. The number of hydrogen-bond acceptors (Lipinski definition) is 7. The molecule has 5 N–H and O–H groups in total. The Morgan fingerprint density at radius 2 is 1.76 bits per heavy atom. The van der Waals surface area contributed by atoms with Gasteiger partial charge in [0, 0.05) is 18.1 Å². The van der Waals surface area contributed by atoms with Gasteiger partial charge in [0.1, 0.15) is 24.4 Å². The van der Waals surface area contributed by atoms with E-state index in [9.17, 15) is 20.1 Å². The standard InChI is InChI=1S/C29H31N3O5S/c33-25-23(15-30-31-28(36)24-6-3-13-38-24)37-29(27(35)26(25)34)32-16-20(21-4-1-2-5-22(21)32)14-17-7-9-18(10-8-17)19-11-12-19/h1-10,13,16,19,23,25-27,29-30,33-35H,11-12,14-15H2,(H,31,36)/t23-,25-,26+,27-,29-/m1/s1. The zero-order valence-corrected chi connectivity index (χ0v) is 21.6. The van der Waals surface area contributed by atoms with Crippen molar-refractivity contribution in [2.24, 2.45) is 0 Å². The Hall–Kier alpha value is -3.05. The van der Waals surface area contributed by atoms with Crippen LogP contribution in [0.3, 0.4) is 0 Å². The fourth-order valence-corrected chi connectivity index (χ4v) is 5.82. The Labute approximate surface area is 224 Å². The van der Waals surface area contributed by atoms with Gasteiger partial charge in [-0.2, -0.15) is 0 Å². The summed E-state index contributed by atoms with van der Waals surface area (Å²) in [7, 11) is 0. The monoisotopic (exact) mass is 533 g/mol. The first kappa shape index (κ1) is 25.2. The topological polar surface area (TPSA) is 116 Å². The summed E-state index contributed by atoms with van der Waals surface area (Å²) >= 11 is 1.32. The van der Waals surface area contributed by atoms with Gasteiger partial charge in [0.15, 0.2) is 6.23 Å². The molecular weight excluding hydrogens is 502 g/mol. The fourth-order valence-electron chi connectivity index (χ4n) is 5.20. The predicted molar refractivity (Wildman–Crippen MR) is 145 cm³/mol. The number of benzene rings is 2. The molecule has 1 aliphatic carbocycles. The number of aromatic nitrogens is 1. The van der Waals surface area contributed by atoms with Gasteiger partial charge >= 0.3 is 0 Å². The highest BCUT2D eigenvalue weighted by Crippen LogP contribution is 2.40. The van der Waals surface area contributed by atoms with Crippen LogP contribution < -0.4 is 10.9 Å². The lowest BCUT2D eigenvalue weighted by Gasteiger charge is -2.41. The van der Waals surface area contributed by atoms with Crippen molar-refractivity contribution in [2.75, 3.05) is 6.54 Å². The number of hydrogen-bond donors (Lipinski definition) is 5. The van der Waals surface area contributed by atoms with E-state index < -0.39 is 30.6 Å². The van der Waals surface area contributed by atoms with E-state index in [0.717, 1.165) is 16.5 Å². The number of ether oxygens (including phenoxy) is 1. The molecule has 1 aliphatic heterocycles. The largest absolute Gasteiger partial charge is 0.388 e. The summed E-state index contributed by atoms with van der Waals surface area (Å²) in [6.45, 7) is 0.0396. The first-order valence-electron chi connectivity index (χ1n) is 12.9. The van der Waals surface area contributed by atoms with Crippen molar-refractivity contribution in [1.82, 2.24) is 15.4 Å². The summed E-state index contributed by atoms with van der Waals surface area (Å²) in [6, 6.07) is 20.2. The molecule has 3 heterocycles. The summed E-state index contributed by atoms with van der Waals surface area (Å²) in [4.78, 5) is 12.8. The minimum Gasteiger partial charge on any atom is -0.388 e. The van der Waals surface area contributed by atoms with Crippen LogP contribution in [0.1, 0.15) is 51.3 Å². The third-order valence-corrected chi connectivity index (χ3v) is 8.33. The van der Waals surface area contributed by atoms with E-state index in [1.807, 2.05) is 40.4 Å². The Bertz CT molecular complexity index is 1400. The zero-order chi connectivity index (χ0) is 26.2. The lowest BCUT2D eigenvalue weighted by molar-refractivity contribution is -0.242. The van der Waals surface area contributed by atoms with E-state index >= 15 is 0 Å². The van der Waals surface area contributed by atoms with Crippen LogP contribution in [0.2, 0.25) is 0 Å². The van der Waals surface area contributed by atoms with Gasteiger partial charge in [-0.1, -0.05) is 48.5 Å². The molecule has 1 saturated carbocycles.